The van der Waals surface area contributed by atoms with Crippen LogP contribution in [0.5, 0.6) is 0 Å². The van der Waals surface area contributed by atoms with Crippen LogP contribution in [0.3, 0.4) is 0 Å². The Morgan fingerprint density at radius 2 is 1.38 bits per heavy atom. The molecule has 4 aromatic rings. The van der Waals surface area contributed by atoms with Crippen molar-refractivity contribution in [3.63, 3.8) is 0 Å². The molecule has 0 spiro atoms. The number of anilines is 1. The Morgan fingerprint density at radius 3 is 2.00 bits per heavy atom. The first-order chi connectivity index (χ1) is 16.7. The van der Waals surface area contributed by atoms with Crippen LogP contribution in [-0.2, 0) is 11.8 Å². The highest BCUT2D eigenvalue weighted by molar-refractivity contribution is 6.09. The SMILES string of the molecule is CCCc1ccccc1NC(=NC1CC1(c1ccccc1)c1ccccc1)c1ccc(C)cc1. The van der Waals surface area contributed by atoms with E-state index < -0.39 is 0 Å². The maximum Gasteiger partial charge on any atom is 0.133 e. The molecule has 2 heteroatoms. The van der Waals surface area contributed by atoms with Crippen molar-refractivity contribution in [3.8, 4) is 0 Å². The average molecular weight is 445 g/mol. The molecule has 1 fully saturated rings. The first kappa shape index (κ1) is 22.2. The molecule has 1 aliphatic rings. The summed E-state index contributed by atoms with van der Waals surface area (Å²) in [5.74, 6) is 0.947. The van der Waals surface area contributed by atoms with E-state index in [0.29, 0.717) is 0 Å². The predicted octanol–water partition coefficient (Wildman–Crippen LogP) is 7.56. The lowest BCUT2D eigenvalue weighted by Gasteiger charge is -2.19. The molecule has 2 nitrogen and oxygen atoms in total. The Morgan fingerprint density at radius 1 is 0.794 bits per heavy atom. The molecule has 1 atom stereocenters. The lowest BCUT2D eigenvalue weighted by atomic mass is 9.87. The summed E-state index contributed by atoms with van der Waals surface area (Å²) in [5, 5.41) is 3.73. The molecule has 170 valence electrons. The van der Waals surface area contributed by atoms with Gasteiger partial charge in [-0.3, -0.25) is 4.99 Å². The van der Waals surface area contributed by atoms with Crippen LogP contribution in [0.25, 0.3) is 0 Å². The monoisotopic (exact) mass is 444 g/mol. The summed E-state index contributed by atoms with van der Waals surface area (Å²) in [7, 11) is 0. The van der Waals surface area contributed by atoms with Crippen LogP contribution in [0.4, 0.5) is 5.69 Å². The van der Waals surface area contributed by atoms with Crippen LogP contribution in [0.15, 0.2) is 114 Å². The molecule has 5 rings (SSSR count). The van der Waals surface area contributed by atoms with Crippen LogP contribution >= 0.6 is 0 Å². The summed E-state index contributed by atoms with van der Waals surface area (Å²) >= 11 is 0. The second-order valence-corrected chi connectivity index (χ2v) is 9.30. The van der Waals surface area contributed by atoms with Crippen molar-refractivity contribution >= 4 is 11.5 Å². The van der Waals surface area contributed by atoms with Gasteiger partial charge in [-0.1, -0.05) is 122 Å². The Labute approximate surface area is 203 Å². The van der Waals surface area contributed by atoms with Gasteiger partial charge in [-0.2, -0.15) is 0 Å². The van der Waals surface area contributed by atoms with E-state index in [1.165, 1.54) is 22.3 Å². The van der Waals surface area contributed by atoms with Crippen molar-refractivity contribution in [2.45, 2.75) is 44.6 Å². The molecule has 0 amide bonds. The van der Waals surface area contributed by atoms with E-state index in [-0.39, 0.29) is 11.5 Å². The highest BCUT2D eigenvalue weighted by Crippen LogP contribution is 2.55. The normalized spacial score (nSPS) is 16.8. The smallest absolute Gasteiger partial charge is 0.133 e. The second kappa shape index (κ2) is 9.69. The molecule has 0 radical (unpaired) electrons. The zero-order valence-corrected chi connectivity index (χ0v) is 20.0. The summed E-state index contributed by atoms with van der Waals surface area (Å²) in [4.78, 5) is 5.40. The Balaban J connectivity index is 1.57. The topological polar surface area (TPSA) is 24.4 Å². The number of amidine groups is 1. The number of hydrogen-bond acceptors (Lipinski definition) is 1. The highest BCUT2D eigenvalue weighted by atomic mass is 15.0. The van der Waals surface area contributed by atoms with Gasteiger partial charge in [-0.15, -0.1) is 0 Å². The third-order valence-corrected chi connectivity index (χ3v) is 6.90. The fourth-order valence-electron chi connectivity index (χ4n) is 4.96. The van der Waals surface area contributed by atoms with Gasteiger partial charge >= 0.3 is 0 Å². The van der Waals surface area contributed by atoms with Crippen molar-refractivity contribution in [1.82, 2.24) is 0 Å². The number of nitrogens with one attached hydrogen (secondary N) is 1. The van der Waals surface area contributed by atoms with E-state index in [1.807, 2.05) is 0 Å². The van der Waals surface area contributed by atoms with Crippen molar-refractivity contribution < 1.29 is 0 Å². The van der Waals surface area contributed by atoms with Crippen molar-refractivity contribution in [2.75, 3.05) is 5.32 Å². The fraction of sp³-hybridized carbons (Fsp3) is 0.219. The molecule has 1 aliphatic carbocycles. The van der Waals surface area contributed by atoms with E-state index in [1.54, 1.807) is 0 Å². The van der Waals surface area contributed by atoms with Gasteiger partial charge in [0.05, 0.1) is 6.04 Å². The third kappa shape index (κ3) is 4.41. The van der Waals surface area contributed by atoms with Crippen LogP contribution in [0.1, 0.15) is 47.6 Å². The lowest BCUT2D eigenvalue weighted by molar-refractivity contribution is 0.794. The molecular formula is C32H32N2. The zero-order chi connectivity index (χ0) is 23.4. The molecule has 1 saturated carbocycles. The molecule has 1 unspecified atom stereocenters. The largest absolute Gasteiger partial charge is 0.340 e. The number of benzene rings is 4. The number of para-hydroxylation sites is 1. The molecule has 0 heterocycles. The Bertz CT molecular complexity index is 1220. The first-order valence-electron chi connectivity index (χ1n) is 12.3. The van der Waals surface area contributed by atoms with Gasteiger partial charge in [0.25, 0.3) is 0 Å². The van der Waals surface area contributed by atoms with Crippen LogP contribution in [0, 0.1) is 6.92 Å². The van der Waals surface area contributed by atoms with Gasteiger partial charge in [0.1, 0.15) is 5.84 Å². The molecule has 0 saturated heterocycles. The quantitative estimate of drug-likeness (QED) is 0.231. The van der Waals surface area contributed by atoms with E-state index in [9.17, 15) is 0 Å². The van der Waals surface area contributed by atoms with Gasteiger partial charge in [-0.05, 0) is 42.5 Å². The van der Waals surface area contributed by atoms with E-state index >= 15 is 0 Å². The molecule has 0 aliphatic heterocycles. The van der Waals surface area contributed by atoms with E-state index in [4.69, 9.17) is 4.99 Å². The third-order valence-electron chi connectivity index (χ3n) is 6.90. The summed E-state index contributed by atoms with van der Waals surface area (Å²) in [5.41, 5.74) is 7.45. The van der Waals surface area contributed by atoms with Crippen molar-refractivity contribution in [2.24, 2.45) is 4.99 Å². The molecule has 0 aromatic heterocycles. The van der Waals surface area contributed by atoms with Crippen LogP contribution in [0.2, 0.25) is 0 Å². The predicted molar refractivity (Wildman–Crippen MR) is 144 cm³/mol. The minimum absolute atomic E-state index is 0.0803. The number of hydrogen-bond donors (Lipinski definition) is 1. The van der Waals surface area contributed by atoms with Gasteiger partial charge in [0.15, 0.2) is 0 Å². The number of rotatable bonds is 7. The Kier molecular flexibility index (Phi) is 6.31. The lowest BCUT2D eigenvalue weighted by Crippen LogP contribution is -2.19. The van der Waals surface area contributed by atoms with Gasteiger partial charge in [0, 0.05) is 16.7 Å². The van der Waals surface area contributed by atoms with Crippen LogP contribution in [-0.4, -0.2) is 11.9 Å². The molecule has 4 aromatic carbocycles. The van der Waals surface area contributed by atoms with Gasteiger partial charge < -0.3 is 5.32 Å². The van der Waals surface area contributed by atoms with E-state index in [2.05, 4.69) is 128 Å². The second-order valence-electron chi connectivity index (χ2n) is 9.30. The summed E-state index contributed by atoms with van der Waals surface area (Å²) < 4.78 is 0. The Hall–Kier alpha value is -3.65. The fourth-order valence-corrected chi connectivity index (χ4v) is 4.96. The number of nitrogens with zero attached hydrogens (tertiary/aromatic N) is 1. The summed E-state index contributed by atoms with van der Waals surface area (Å²) in [6.07, 6.45) is 3.17. The first-order valence-corrected chi connectivity index (χ1v) is 12.3. The van der Waals surface area contributed by atoms with E-state index in [0.717, 1.165) is 36.3 Å². The number of aryl methyl sites for hydroxylation is 2. The summed E-state index contributed by atoms with van der Waals surface area (Å²) in [6, 6.07) is 39.2. The zero-order valence-electron chi connectivity index (χ0n) is 20.0. The molecule has 1 N–H and O–H groups in total. The minimum Gasteiger partial charge on any atom is -0.340 e. The molecule has 0 bridgehead atoms. The van der Waals surface area contributed by atoms with Crippen molar-refractivity contribution in [3.05, 3.63) is 137 Å². The van der Waals surface area contributed by atoms with Gasteiger partial charge in [0.2, 0.25) is 0 Å². The summed E-state index contributed by atoms with van der Waals surface area (Å²) in [6.45, 7) is 4.35. The van der Waals surface area contributed by atoms with Gasteiger partial charge in [-0.25, -0.2) is 0 Å². The van der Waals surface area contributed by atoms with Crippen molar-refractivity contribution in [1.29, 1.82) is 0 Å². The minimum atomic E-state index is -0.0803. The molecule has 34 heavy (non-hydrogen) atoms. The number of aliphatic imine (C=N–C) groups is 1. The van der Waals surface area contributed by atoms with Crippen LogP contribution < -0.4 is 5.32 Å². The maximum absolute atomic E-state index is 5.40. The standard InChI is InChI=1S/C32H32N2/c1-3-12-25-13-10-11-18-29(25)33-31(26-21-19-24(2)20-22-26)34-30-23-32(30,27-14-6-4-7-15-27)28-16-8-5-9-17-28/h4-11,13-22,30H,3,12,23H2,1-2H3,(H,33,34). The average Bonchev–Trinajstić information content (AvgIpc) is 3.61. The highest BCUT2D eigenvalue weighted by Gasteiger charge is 2.57. The molecular weight excluding hydrogens is 412 g/mol. The maximum atomic E-state index is 5.40.